The summed E-state index contributed by atoms with van der Waals surface area (Å²) < 4.78 is 51.0. The molecule has 0 bridgehead atoms. The molecule has 3 aliphatic heterocycles. The van der Waals surface area contributed by atoms with E-state index in [1.54, 1.807) is 24.1 Å². The topological polar surface area (TPSA) is 137 Å². The van der Waals surface area contributed by atoms with Crippen molar-refractivity contribution in [2.45, 2.75) is 70.6 Å². The second-order valence-corrected chi connectivity index (χ2v) is 16.7. The number of aromatic nitrogens is 3. The lowest BCUT2D eigenvalue weighted by Gasteiger charge is -2.35. The number of amides is 2. The van der Waals surface area contributed by atoms with Crippen LogP contribution in [0.4, 0.5) is 0 Å². The maximum absolute atomic E-state index is 14.3. The molecule has 4 aliphatic rings. The second kappa shape index (κ2) is 14.6. The third kappa shape index (κ3) is 6.73. The Balaban J connectivity index is 1.29. The number of morpholine rings is 2. The largest absolute Gasteiger partial charge is 0.497 e. The van der Waals surface area contributed by atoms with E-state index in [2.05, 4.69) is 26.5 Å². The molecule has 4 aromatic rings. The molecule has 2 saturated heterocycles. The molecule has 1 N–H and O–H groups in total. The van der Waals surface area contributed by atoms with Crippen molar-refractivity contribution in [3.63, 3.8) is 0 Å². The molecule has 8 rings (SSSR count). The molecule has 13 nitrogen and oxygen atoms in total. The van der Waals surface area contributed by atoms with Crippen LogP contribution in [-0.4, -0.2) is 102 Å². The molecule has 2 amide bonds. The van der Waals surface area contributed by atoms with E-state index in [0.717, 1.165) is 59.0 Å². The van der Waals surface area contributed by atoms with E-state index >= 15 is 0 Å². The van der Waals surface area contributed by atoms with Gasteiger partial charge in [-0.25, -0.2) is 4.72 Å². The molecular weight excluding hydrogens is 709 g/mol. The molecule has 14 heteroatoms. The first-order valence-corrected chi connectivity index (χ1v) is 20.4. The Kier molecular flexibility index (Phi) is 9.88. The second-order valence-electron chi connectivity index (χ2n) is 15.0. The molecule has 1 saturated carbocycles. The Morgan fingerprint density at radius 2 is 1.70 bits per heavy atom. The van der Waals surface area contributed by atoms with Gasteiger partial charge >= 0.3 is 10.2 Å². The van der Waals surface area contributed by atoms with Crippen LogP contribution in [0.1, 0.15) is 89.4 Å². The summed E-state index contributed by atoms with van der Waals surface area (Å²) in [6.07, 6.45) is 9.18. The normalized spacial score (nSPS) is 21.3. The van der Waals surface area contributed by atoms with Gasteiger partial charge in [0.15, 0.2) is 0 Å². The number of hydrogen-bond donors (Lipinski definition) is 1. The number of benzene rings is 2. The summed E-state index contributed by atoms with van der Waals surface area (Å²) in [4.78, 5) is 29.9. The number of nitrogens with one attached hydrogen (secondary N) is 1. The Labute approximate surface area is 316 Å². The fourth-order valence-corrected chi connectivity index (χ4v) is 9.95. The summed E-state index contributed by atoms with van der Waals surface area (Å²) in [7, 11) is -0.556. The van der Waals surface area contributed by atoms with Gasteiger partial charge < -0.3 is 23.7 Å². The quantitative estimate of drug-likeness (QED) is 0.272. The Bertz CT molecular complexity index is 2240. The highest BCUT2D eigenvalue weighted by molar-refractivity contribution is 7.87. The number of carbonyl (C=O) groups excluding carboxylic acids is 2. The summed E-state index contributed by atoms with van der Waals surface area (Å²) in [6.45, 7) is 6.22. The van der Waals surface area contributed by atoms with Crippen molar-refractivity contribution in [2.24, 2.45) is 7.05 Å². The average Bonchev–Trinajstić information content (AvgIpc) is 3.65. The van der Waals surface area contributed by atoms with E-state index < -0.39 is 16.1 Å². The smallest absolute Gasteiger partial charge is 0.304 e. The molecular formula is C40H48N6O7S. The van der Waals surface area contributed by atoms with E-state index in [1.165, 1.54) is 16.3 Å². The van der Waals surface area contributed by atoms with Gasteiger partial charge in [0.2, 0.25) is 0 Å². The fourth-order valence-electron chi connectivity index (χ4n) is 8.84. The van der Waals surface area contributed by atoms with Gasteiger partial charge in [0.05, 0.1) is 62.2 Å². The van der Waals surface area contributed by atoms with Gasteiger partial charge in [0, 0.05) is 55.3 Å². The lowest BCUT2D eigenvalue weighted by atomic mass is 9.81. The van der Waals surface area contributed by atoms with E-state index in [-0.39, 0.29) is 50.0 Å². The Morgan fingerprint density at radius 3 is 2.43 bits per heavy atom. The van der Waals surface area contributed by atoms with Crippen LogP contribution in [0.3, 0.4) is 0 Å². The highest BCUT2D eigenvalue weighted by Crippen LogP contribution is 2.48. The molecule has 2 aromatic heterocycles. The number of aryl methyl sites for hydroxylation is 1. The molecule has 2 atom stereocenters. The number of allylic oxidation sites excluding steroid dienone is 1. The molecule has 0 spiro atoms. The average molecular weight is 757 g/mol. The number of fused-ring (bicyclic) bond motifs is 5. The van der Waals surface area contributed by atoms with Gasteiger partial charge in [0.25, 0.3) is 11.8 Å². The zero-order valence-electron chi connectivity index (χ0n) is 31.3. The molecule has 0 unspecified atom stereocenters. The standard InChI is InChI=1S/C40H48N6O7S/c1-25-22-44(23-26(2)53-25)40(48)34-21-41-43(3)37(34)30-18-29-19-31(51-4)11-13-32(29)38-36(27-8-6-5-7-9-27)33-12-10-28(20-35(33)46(38)24-30)39(47)42-54(49,50)45-14-16-52-17-15-45/h10-13,18-21,25-27H,5-9,14-17,22-24H2,1-4H3,(H,42,47)/t25-,26+. The van der Waals surface area contributed by atoms with Crippen molar-refractivity contribution < 1.29 is 32.2 Å². The van der Waals surface area contributed by atoms with Crippen molar-refractivity contribution >= 4 is 44.6 Å². The molecule has 0 radical (unpaired) electrons. The third-order valence-electron chi connectivity index (χ3n) is 11.3. The van der Waals surface area contributed by atoms with E-state index in [1.807, 2.05) is 50.1 Å². The SMILES string of the molecule is COc1ccc2c(c1)C=C(c1c(C(=O)N3C[C@@H](C)O[C@@H](C)C3)cnn1C)Cn1c-2c(C2CCCCC2)c2ccc(C(=O)NS(=O)(=O)N3CCOCC3)cc21. The van der Waals surface area contributed by atoms with Gasteiger partial charge in [0.1, 0.15) is 5.75 Å². The molecule has 54 heavy (non-hydrogen) atoms. The first-order valence-electron chi connectivity index (χ1n) is 18.9. The maximum atomic E-state index is 14.3. The number of carbonyl (C=O) groups is 2. The van der Waals surface area contributed by atoms with Crippen LogP contribution >= 0.6 is 0 Å². The molecule has 3 fully saturated rings. The number of hydrogen-bond acceptors (Lipinski definition) is 8. The van der Waals surface area contributed by atoms with Crippen LogP contribution in [0.2, 0.25) is 0 Å². The third-order valence-corrected chi connectivity index (χ3v) is 12.8. The lowest BCUT2D eigenvalue weighted by molar-refractivity contribution is -0.0586. The number of ether oxygens (including phenoxy) is 3. The molecule has 1 aliphatic carbocycles. The zero-order valence-corrected chi connectivity index (χ0v) is 32.2. The van der Waals surface area contributed by atoms with E-state index in [0.29, 0.717) is 42.6 Å². The van der Waals surface area contributed by atoms with Crippen LogP contribution in [0.15, 0.2) is 42.6 Å². The highest BCUT2D eigenvalue weighted by Gasteiger charge is 2.34. The molecule has 286 valence electrons. The summed E-state index contributed by atoms with van der Waals surface area (Å²) in [6, 6.07) is 11.6. The lowest BCUT2D eigenvalue weighted by Crippen LogP contribution is -2.48. The van der Waals surface area contributed by atoms with E-state index in [4.69, 9.17) is 14.2 Å². The Morgan fingerprint density at radius 1 is 0.963 bits per heavy atom. The van der Waals surface area contributed by atoms with E-state index in [9.17, 15) is 18.0 Å². The number of methoxy groups -OCH3 is 1. The minimum Gasteiger partial charge on any atom is -0.497 e. The van der Waals surface area contributed by atoms with Crippen molar-refractivity contribution in [1.29, 1.82) is 0 Å². The van der Waals surface area contributed by atoms with Gasteiger partial charge in [-0.2, -0.15) is 17.8 Å². The van der Waals surface area contributed by atoms with Crippen LogP contribution in [-0.2, 0) is 33.3 Å². The first-order chi connectivity index (χ1) is 26.0. The Hall–Kier alpha value is -4.50. The van der Waals surface area contributed by atoms with Gasteiger partial charge in [-0.15, -0.1) is 0 Å². The van der Waals surface area contributed by atoms with Crippen LogP contribution < -0.4 is 9.46 Å². The predicted molar refractivity (Wildman–Crippen MR) is 206 cm³/mol. The van der Waals surface area contributed by atoms with Crippen LogP contribution in [0.25, 0.3) is 33.8 Å². The zero-order chi connectivity index (χ0) is 37.7. The number of rotatable bonds is 7. The van der Waals surface area contributed by atoms with Gasteiger partial charge in [-0.1, -0.05) is 25.3 Å². The monoisotopic (exact) mass is 756 g/mol. The van der Waals surface area contributed by atoms with Crippen molar-refractivity contribution in [2.75, 3.05) is 46.5 Å². The summed E-state index contributed by atoms with van der Waals surface area (Å²) in [5.41, 5.74) is 7.42. The predicted octanol–water partition coefficient (Wildman–Crippen LogP) is 5.21. The fraction of sp³-hybridized carbons (Fsp3) is 0.475. The van der Waals surface area contributed by atoms with Crippen molar-refractivity contribution in [1.82, 2.24) is 28.3 Å². The van der Waals surface area contributed by atoms with Gasteiger partial charge in [-0.05, 0) is 85.7 Å². The van der Waals surface area contributed by atoms with Crippen LogP contribution in [0, 0.1) is 0 Å². The van der Waals surface area contributed by atoms with Crippen molar-refractivity contribution in [3.05, 3.63) is 70.5 Å². The minimum atomic E-state index is -4.07. The number of nitrogens with zero attached hydrogens (tertiary/aromatic N) is 5. The maximum Gasteiger partial charge on any atom is 0.304 e. The molecule has 2 aromatic carbocycles. The summed E-state index contributed by atoms with van der Waals surface area (Å²) in [5, 5.41) is 5.65. The van der Waals surface area contributed by atoms with Crippen molar-refractivity contribution in [3.8, 4) is 17.0 Å². The summed E-state index contributed by atoms with van der Waals surface area (Å²) >= 11 is 0. The molecule has 5 heterocycles. The van der Waals surface area contributed by atoms with Gasteiger partial charge in [-0.3, -0.25) is 14.3 Å². The highest BCUT2D eigenvalue weighted by atomic mass is 32.2. The minimum absolute atomic E-state index is 0.0866. The van der Waals surface area contributed by atoms with Crippen LogP contribution in [0.5, 0.6) is 5.75 Å². The first kappa shape index (κ1) is 36.5. The summed E-state index contributed by atoms with van der Waals surface area (Å²) in [5.74, 6) is 0.221.